The van der Waals surface area contributed by atoms with Crippen molar-refractivity contribution in [2.24, 2.45) is 0 Å². The van der Waals surface area contributed by atoms with Crippen molar-refractivity contribution in [2.45, 2.75) is 20.3 Å². The van der Waals surface area contributed by atoms with Crippen molar-refractivity contribution in [2.75, 3.05) is 5.32 Å². The third kappa shape index (κ3) is 3.60. The minimum absolute atomic E-state index is 0.0584. The lowest BCUT2D eigenvalue weighted by molar-refractivity contribution is -0.115. The third-order valence-corrected chi connectivity index (χ3v) is 4.57. The van der Waals surface area contributed by atoms with Crippen LogP contribution >= 0.6 is 0 Å². The normalized spacial score (nSPS) is 10.9. The van der Waals surface area contributed by atoms with Gasteiger partial charge >= 0.3 is 0 Å². The topological polar surface area (TPSA) is 46.4 Å². The van der Waals surface area contributed by atoms with E-state index in [1.54, 1.807) is 0 Å². The molecule has 4 heteroatoms. The van der Waals surface area contributed by atoms with Crippen LogP contribution in [-0.2, 0) is 11.2 Å². The van der Waals surface area contributed by atoms with E-state index < -0.39 is 0 Å². The van der Waals surface area contributed by atoms with Crippen LogP contribution in [0.3, 0.4) is 0 Å². The van der Waals surface area contributed by atoms with Gasteiger partial charge in [-0.25, -0.2) is 4.98 Å². The number of imidazole rings is 1. The number of fused-ring (bicyclic) bond motifs is 1. The molecule has 2 aromatic carbocycles. The van der Waals surface area contributed by atoms with E-state index in [0.717, 1.165) is 28.0 Å². The fourth-order valence-corrected chi connectivity index (χ4v) is 3.14. The number of rotatable bonds is 4. The molecule has 2 aromatic heterocycles. The highest BCUT2D eigenvalue weighted by Crippen LogP contribution is 2.29. The number of hydrogen-bond acceptors (Lipinski definition) is 2. The van der Waals surface area contributed by atoms with Gasteiger partial charge in [0.1, 0.15) is 17.2 Å². The van der Waals surface area contributed by atoms with Gasteiger partial charge in [0.05, 0.1) is 6.42 Å². The number of amides is 1. The number of pyridine rings is 1. The fourth-order valence-electron chi connectivity index (χ4n) is 3.14. The number of hydrogen-bond donors (Lipinski definition) is 1. The van der Waals surface area contributed by atoms with Crippen molar-refractivity contribution in [3.05, 3.63) is 89.6 Å². The van der Waals surface area contributed by atoms with Crippen LogP contribution in [0.4, 0.5) is 5.82 Å². The highest BCUT2D eigenvalue weighted by atomic mass is 16.1. The van der Waals surface area contributed by atoms with E-state index in [1.165, 1.54) is 5.56 Å². The van der Waals surface area contributed by atoms with Crippen LogP contribution in [0, 0.1) is 13.8 Å². The minimum Gasteiger partial charge on any atom is -0.310 e. The molecule has 4 nitrogen and oxygen atoms in total. The lowest BCUT2D eigenvalue weighted by Crippen LogP contribution is -2.16. The van der Waals surface area contributed by atoms with Gasteiger partial charge in [-0.1, -0.05) is 60.2 Å². The molecule has 134 valence electrons. The van der Waals surface area contributed by atoms with E-state index in [2.05, 4.69) is 24.4 Å². The third-order valence-electron chi connectivity index (χ3n) is 4.57. The molecule has 0 aliphatic rings. The monoisotopic (exact) mass is 355 g/mol. The quantitative estimate of drug-likeness (QED) is 0.571. The summed E-state index contributed by atoms with van der Waals surface area (Å²) in [6, 6.07) is 22.0. The highest BCUT2D eigenvalue weighted by Gasteiger charge is 2.16. The average Bonchev–Trinajstić information content (AvgIpc) is 3.00. The zero-order valence-corrected chi connectivity index (χ0v) is 15.4. The molecule has 4 rings (SSSR count). The van der Waals surface area contributed by atoms with E-state index in [-0.39, 0.29) is 5.91 Å². The van der Waals surface area contributed by atoms with Gasteiger partial charge in [-0.3, -0.25) is 9.20 Å². The maximum Gasteiger partial charge on any atom is 0.229 e. The van der Waals surface area contributed by atoms with E-state index >= 15 is 0 Å². The van der Waals surface area contributed by atoms with Gasteiger partial charge in [0.15, 0.2) is 0 Å². The van der Waals surface area contributed by atoms with Crippen molar-refractivity contribution in [3.8, 4) is 11.3 Å². The van der Waals surface area contributed by atoms with E-state index in [4.69, 9.17) is 4.98 Å². The van der Waals surface area contributed by atoms with E-state index in [0.29, 0.717) is 12.2 Å². The van der Waals surface area contributed by atoms with Gasteiger partial charge in [-0.15, -0.1) is 0 Å². The zero-order valence-electron chi connectivity index (χ0n) is 15.4. The Morgan fingerprint density at radius 2 is 1.70 bits per heavy atom. The number of carbonyl (C=O) groups excluding carboxylic acids is 1. The molecule has 0 radical (unpaired) electrons. The van der Waals surface area contributed by atoms with Crippen molar-refractivity contribution < 1.29 is 4.79 Å². The summed E-state index contributed by atoms with van der Waals surface area (Å²) in [5, 5.41) is 3.08. The smallest absolute Gasteiger partial charge is 0.229 e. The van der Waals surface area contributed by atoms with Crippen molar-refractivity contribution >= 4 is 17.4 Å². The predicted molar refractivity (Wildman–Crippen MR) is 109 cm³/mol. The Labute approximate surface area is 158 Å². The molecule has 2 heterocycles. The van der Waals surface area contributed by atoms with Gasteiger partial charge in [0.25, 0.3) is 0 Å². The minimum atomic E-state index is -0.0584. The number of aromatic nitrogens is 2. The van der Waals surface area contributed by atoms with Crippen LogP contribution in [0.1, 0.15) is 16.7 Å². The molecule has 0 spiro atoms. The molecule has 0 aliphatic carbocycles. The van der Waals surface area contributed by atoms with Crippen molar-refractivity contribution in [1.29, 1.82) is 0 Å². The Morgan fingerprint density at radius 1 is 0.963 bits per heavy atom. The molecular weight excluding hydrogens is 334 g/mol. The molecule has 27 heavy (non-hydrogen) atoms. The first-order chi connectivity index (χ1) is 13.1. The van der Waals surface area contributed by atoms with Crippen LogP contribution < -0.4 is 5.32 Å². The first kappa shape index (κ1) is 17.0. The standard InChI is InChI=1S/C23H21N3O/c1-16-8-10-19(11-9-16)22-23(26-13-12-17(2)14-20(26)24-22)25-21(27)15-18-6-4-3-5-7-18/h3-14H,15H2,1-2H3,(H,25,27). The fraction of sp³-hybridized carbons (Fsp3) is 0.130. The second-order valence-electron chi connectivity index (χ2n) is 6.82. The molecular formula is C23H21N3O. The van der Waals surface area contributed by atoms with Crippen LogP contribution in [0.5, 0.6) is 0 Å². The Hall–Kier alpha value is -3.40. The van der Waals surface area contributed by atoms with E-state index in [1.807, 2.05) is 72.1 Å². The Balaban J connectivity index is 1.74. The average molecular weight is 355 g/mol. The second-order valence-corrected chi connectivity index (χ2v) is 6.82. The Bertz CT molecular complexity index is 1100. The Kier molecular flexibility index (Phi) is 4.47. The number of aryl methyl sites for hydroxylation is 2. The van der Waals surface area contributed by atoms with Crippen molar-refractivity contribution in [3.63, 3.8) is 0 Å². The predicted octanol–water partition coefficient (Wildman–Crippen LogP) is 4.80. The summed E-state index contributed by atoms with van der Waals surface area (Å²) in [7, 11) is 0. The molecule has 0 saturated heterocycles. The number of carbonyl (C=O) groups is 1. The van der Waals surface area contributed by atoms with Crippen molar-refractivity contribution in [1.82, 2.24) is 9.38 Å². The molecule has 1 amide bonds. The number of benzene rings is 2. The number of nitrogens with one attached hydrogen (secondary N) is 1. The summed E-state index contributed by atoms with van der Waals surface area (Å²) in [6.45, 7) is 4.09. The molecule has 0 saturated carbocycles. The van der Waals surface area contributed by atoms with Gasteiger partial charge in [-0.2, -0.15) is 0 Å². The van der Waals surface area contributed by atoms with Crippen LogP contribution in [0.2, 0.25) is 0 Å². The second kappa shape index (κ2) is 7.08. The largest absolute Gasteiger partial charge is 0.310 e. The molecule has 0 fully saturated rings. The molecule has 0 bridgehead atoms. The summed E-state index contributed by atoms with van der Waals surface area (Å²) in [6.07, 6.45) is 2.28. The highest BCUT2D eigenvalue weighted by molar-refractivity contribution is 5.95. The van der Waals surface area contributed by atoms with Crippen LogP contribution in [-0.4, -0.2) is 15.3 Å². The first-order valence-electron chi connectivity index (χ1n) is 9.00. The lowest BCUT2D eigenvalue weighted by atomic mass is 10.1. The number of anilines is 1. The Morgan fingerprint density at radius 3 is 2.44 bits per heavy atom. The summed E-state index contributed by atoms with van der Waals surface area (Å²) >= 11 is 0. The van der Waals surface area contributed by atoms with Crippen LogP contribution in [0.25, 0.3) is 16.9 Å². The van der Waals surface area contributed by atoms with Gasteiger partial charge < -0.3 is 5.32 Å². The molecule has 1 N–H and O–H groups in total. The van der Waals surface area contributed by atoms with Gasteiger partial charge in [0, 0.05) is 11.8 Å². The molecule has 4 aromatic rings. The summed E-state index contributed by atoms with van der Waals surface area (Å²) in [5.74, 6) is 0.645. The maximum atomic E-state index is 12.7. The first-order valence-corrected chi connectivity index (χ1v) is 9.00. The molecule has 0 unspecified atom stereocenters. The zero-order chi connectivity index (χ0) is 18.8. The SMILES string of the molecule is Cc1ccc(-c2nc3cc(C)ccn3c2NC(=O)Cc2ccccc2)cc1. The summed E-state index contributed by atoms with van der Waals surface area (Å²) < 4.78 is 1.94. The molecule has 0 aliphatic heterocycles. The molecule has 0 atom stereocenters. The van der Waals surface area contributed by atoms with Gasteiger partial charge in [0.2, 0.25) is 5.91 Å². The summed E-state index contributed by atoms with van der Waals surface area (Å²) in [5.41, 5.74) is 5.88. The summed E-state index contributed by atoms with van der Waals surface area (Å²) in [4.78, 5) is 17.5. The van der Waals surface area contributed by atoms with Crippen LogP contribution in [0.15, 0.2) is 72.9 Å². The van der Waals surface area contributed by atoms with E-state index in [9.17, 15) is 4.79 Å². The number of nitrogens with zero attached hydrogens (tertiary/aromatic N) is 2. The maximum absolute atomic E-state index is 12.7. The van der Waals surface area contributed by atoms with Gasteiger partial charge in [-0.05, 0) is 37.1 Å². The lowest BCUT2D eigenvalue weighted by Gasteiger charge is -2.08.